The molecule has 0 aliphatic rings. The van der Waals surface area contributed by atoms with Crippen LogP contribution >= 0.6 is 0 Å². The summed E-state index contributed by atoms with van der Waals surface area (Å²) in [6.45, 7) is 2.18. The van der Waals surface area contributed by atoms with Crippen LogP contribution in [0.15, 0.2) is 48.8 Å². The number of hydrogen-bond acceptors (Lipinski definition) is 1. The average molecular weight is 197 g/mol. The van der Waals surface area contributed by atoms with E-state index in [-0.39, 0.29) is 0 Å². The summed E-state index contributed by atoms with van der Waals surface area (Å²) in [6.07, 6.45) is 5.79. The molecule has 0 N–H and O–H groups in total. The Kier molecular flexibility index (Phi) is 3.13. The maximum absolute atomic E-state index is 4.01. The van der Waals surface area contributed by atoms with Gasteiger partial charge < -0.3 is 0 Å². The molecule has 1 nitrogen and oxygen atoms in total. The number of aryl methyl sites for hydroxylation is 1. The molecule has 0 radical (unpaired) electrons. The average Bonchev–Trinajstić information content (AvgIpc) is 2.31. The van der Waals surface area contributed by atoms with Gasteiger partial charge in [-0.15, -0.1) is 0 Å². The fourth-order valence-electron chi connectivity index (χ4n) is 1.63. The Bertz CT molecular complexity index is 403. The molecule has 0 saturated heterocycles. The second kappa shape index (κ2) is 4.74. The molecule has 0 saturated carbocycles. The van der Waals surface area contributed by atoms with Crippen molar-refractivity contribution in [1.82, 2.24) is 4.98 Å². The van der Waals surface area contributed by atoms with Crippen molar-refractivity contribution in [1.29, 1.82) is 0 Å². The Hall–Kier alpha value is -1.63. The Labute approximate surface area is 90.8 Å². The number of nitrogens with zero attached hydrogens (tertiary/aromatic N) is 1. The zero-order chi connectivity index (χ0) is 10.5. The molecule has 0 aliphatic heterocycles. The fraction of sp³-hybridized carbons (Fsp3) is 0.214. The second-order valence-electron chi connectivity index (χ2n) is 3.70. The number of benzene rings is 1. The molecular formula is C14H15N. The zero-order valence-corrected chi connectivity index (χ0v) is 8.98. The van der Waals surface area contributed by atoms with Crippen LogP contribution < -0.4 is 0 Å². The molecule has 1 heterocycles. The minimum atomic E-state index is 0.993. The third kappa shape index (κ3) is 2.66. The van der Waals surface area contributed by atoms with E-state index in [9.17, 15) is 0 Å². The van der Waals surface area contributed by atoms with Crippen LogP contribution in [0.2, 0.25) is 0 Å². The zero-order valence-electron chi connectivity index (χ0n) is 8.98. The minimum absolute atomic E-state index is 0.993. The van der Waals surface area contributed by atoms with Crippen molar-refractivity contribution in [2.24, 2.45) is 0 Å². The van der Waals surface area contributed by atoms with E-state index in [1.807, 2.05) is 12.4 Å². The lowest BCUT2D eigenvalue weighted by Gasteiger charge is -2.02. The normalized spacial score (nSPS) is 10.2. The molecule has 0 spiro atoms. The summed E-state index contributed by atoms with van der Waals surface area (Å²) < 4.78 is 0. The van der Waals surface area contributed by atoms with E-state index in [1.54, 1.807) is 0 Å². The second-order valence-corrected chi connectivity index (χ2v) is 3.70. The highest BCUT2D eigenvalue weighted by atomic mass is 14.6. The SMILES string of the molecule is CCc1ccc(Cc2ccncc2)cc1. The van der Waals surface area contributed by atoms with Crippen molar-refractivity contribution < 1.29 is 0 Å². The van der Waals surface area contributed by atoms with Gasteiger partial charge in [0, 0.05) is 12.4 Å². The van der Waals surface area contributed by atoms with Gasteiger partial charge in [-0.3, -0.25) is 4.98 Å². The molecular weight excluding hydrogens is 182 g/mol. The summed E-state index contributed by atoms with van der Waals surface area (Å²) in [5.41, 5.74) is 4.07. The van der Waals surface area contributed by atoms with Crippen LogP contribution in [0.4, 0.5) is 0 Å². The van der Waals surface area contributed by atoms with E-state index in [0.29, 0.717) is 0 Å². The smallest absolute Gasteiger partial charge is 0.0270 e. The Morgan fingerprint density at radius 1 is 0.800 bits per heavy atom. The first-order valence-electron chi connectivity index (χ1n) is 5.35. The molecule has 0 bridgehead atoms. The van der Waals surface area contributed by atoms with Crippen molar-refractivity contribution >= 4 is 0 Å². The highest BCUT2D eigenvalue weighted by molar-refractivity contribution is 5.27. The van der Waals surface area contributed by atoms with Gasteiger partial charge in [0.15, 0.2) is 0 Å². The van der Waals surface area contributed by atoms with Crippen LogP contribution in [0.3, 0.4) is 0 Å². The third-order valence-electron chi connectivity index (χ3n) is 2.59. The minimum Gasteiger partial charge on any atom is -0.265 e. The van der Waals surface area contributed by atoms with E-state index in [1.165, 1.54) is 16.7 Å². The highest BCUT2D eigenvalue weighted by Gasteiger charge is 1.95. The lowest BCUT2D eigenvalue weighted by Crippen LogP contribution is -1.89. The molecule has 1 aromatic carbocycles. The van der Waals surface area contributed by atoms with Gasteiger partial charge in [-0.1, -0.05) is 31.2 Å². The van der Waals surface area contributed by atoms with Gasteiger partial charge in [0.1, 0.15) is 0 Å². The number of hydrogen-bond donors (Lipinski definition) is 0. The summed E-state index contributed by atoms with van der Waals surface area (Å²) in [4.78, 5) is 4.01. The van der Waals surface area contributed by atoms with Crippen molar-refractivity contribution in [2.75, 3.05) is 0 Å². The van der Waals surface area contributed by atoms with E-state index in [0.717, 1.165) is 12.8 Å². The highest BCUT2D eigenvalue weighted by Crippen LogP contribution is 2.10. The molecule has 15 heavy (non-hydrogen) atoms. The van der Waals surface area contributed by atoms with Gasteiger partial charge in [-0.05, 0) is 41.7 Å². The molecule has 0 fully saturated rings. The van der Waals surface area contributed by atoms with Gasteiger partial charge in [-0.25, -0.2) is 0 Å². The largest absolute Gasteiger partial charge is 0.265 e. The first-order chi connectivity index (χ1) is 7.38. The molecule has 0 aliphatic carbocycles. The topological polar surface area (TPSA) is 12.9 Å². The van der Waals surface area contributed by atoms with Crippen molar-refractivity contribution in [3.05, 3.63) is 65.5 Å². The molecule has 0 amide bonds. The van der Waals surface area contributed by atoms with Crippen molar-refractivity contribution in [2.45, 2.75) is 19.8 Å². The number of rotatable bonds is 3. The van der Waals surface area contributed by atoms with Crippen LogP contribution in [-0.4, -0.2) is 4.98 Å². The van der Waals surface area contributed by atoms with Crippen LogP contribution in [0.25, 0.3) is 0 Å². The molecule has 1 heteroatoms. The monoisotopic (exact) mass is 197 g/mol. The summed E-state index contributed by atoms with van der Waals surface area (Å²) >= 11 is 0. The molecule has 1 aromatic heterocycles. The van der Waals surface area contributed by atoms with Gasteiger partial charge in [-0.2, -0.15) is 0 Å². The van der Waals surface area contributed by atoms with Crippen LogP contribution in [0.1, 0.15) is 23.6 Å². The Balaban J connectivity index is 2.11. The van der Waals surface area contributed by atoms with E-state index in [4.69, 9.17) is 0 Å². The van der Waals surface area contributed by atoms with Gasteiger partial charge in [0.05, 0.1) is 0 Å². The predicted molar refractivity (Wildman–Crippen MR) is 62.9 cm³/mol. The fourth-order valence-corrected chi connectivity index (χ4v) is 1.63. The van der Waals surface area contributed by atoms with E-state index < -0.39 is 0 Å². The lowest BCUT2D eigenvalue weighted by molar-refractivity contribution is 1.11. The van der Waals surface area contributed by atoms with Gasteiger partial charge in [0.25, 0.3) is 0 Å². The lowest BCUT2D eigenvalue weighted by atomic mass is 10.0. The predicted octanol–water partition coefficient (Wildman–Crippen LogP) is 3.23. The Morgan fingerprint density at radius 3 is 1.93 bits per heavy atom. The first-order valence-corrected chi connectivity index (χ1v) is 5.35. The number of pyridine rings is 1. The van der Waals surface area contributed by atoms with E-state index >= 15 is 0 Å². The van der Waals surface area contributed by atoms with Crippen LogP contribution in [0, 0.1) is 0 Å². The maximum atomic E-state index is 4.01. The van der Waals surface area contributed by atoms with E-state index in [2.05, 4.69) is 48.3 Å². The summed E-state index contributed by atoms with van der Waals surface area (Å²) in [6, 6.07) is 13.0. The van der Waals surface area contributed by atoms with Crippen LogP contribution in [-0.2, 0) is 12.8 Å². The molecule has 76 valence electrons. The van der Waals surface area contributed by atoms with Gasteiger partial charge >= 0.3 is 0 Å². The summed E-state index contributed by atoms with van der Waals surface area (Å²) in [7, 11) is 0. The van der Waals surface area contributed by atoms with Gasteiger partial charge in [0.2, 0.25) is 0 Å². The molecule has 0 atom stereocenters. The summed E-state index contributed by atoms with van der Waals surface area (Å²) in [5.74, 6) is 0. The van der Waals surface area contributed by atoms with Crippen molar-refractivity contribution in [3.8, 4) is 0 Å². The van der Waals surface area contributed by atoms with Crippen molar-refractivity contribution in [3.63, 3.8) is 0 Å². The maximum Gasteiger partial charge on any atom is 0.0270 e. The number of aromatic nitrogens is 1. The standard InChI is InChI=1S/C14H15N/c1-2-12-3-5-13(6-4-12)11-14-7-9-15-10-8-14/h3-10H,2,11H2,1H3. The molecule has 2 aromatic rings. The quantitative estimate of drug-likeness (QED) is 0.736. The first kappa shape index (κ1) is 9.91. The molecule has 2 rings (SSSR count). The summed E-state index contributed by atoms with van der Waals surface area (Å²) in [5, 5.41) is 0. The third-order valence-corrected chi connectivity index (χ3v) is 2.59. The Morgan fingerprint density at radius 2 is 1.33 bits per heavy atom. The van der Waals surface area contributed by atoms with Crippen LogP contribution in [0.5, 0.6) is 0 Å². The molecule has 0 unspecified atom stereocenters.